The maximum atomic E-state index is 13.5. The van der Waals surface area contributed by atoms with E-state index < -0.39 is 5.41 Å². The van der Waals surface area contributed by atoms with Crippen molar-refractivity contribution in [2.24, 2.45) is 5.92 Å². The van der Waals surface area contributed by atoms with Gasteiger partial charge in [-0.25, -0.2) is 0 Å². The Kier molecular flexibility index (Phi) is 6.77. The highest BCUT2D eigenvalue weighted by Gasteiger charge is 2.67. The normalized spacial score (nSPS) is 27.0. The monoisotopic (exact) mass is 579 g/mol. The van der Waals surface area contributed by atoms with Gasteiger partial charge < -0.3 is 14.7 Å². The zero-order valence-electron chi connectivity index (χ0n) is 24.6. The molecule has 2 heterocycles. The van der Waals surface area contributed by atoms with Gasteiger partial charge >= 0.3 is 0 Å². The van der Waals surface area contributed by atoms with E-state index in [0.717, 1.165) is 55.5 Å². The highest BCUT2D eigenvalue weighted by Crippen LogP contribution is 2.65. The molecule has 1 saturated heterocycles. The second-order valence-electron chi connectivity index (χ2n) is 12.7. The lowest BCUT2D eigenvalue weighted by Gasteiger charge is -2.60. The van der Waals surface area contributed by atoms with E-state index in [9.17, 15) is 20.0 Å². The minimum Gasteiger partial charge on any atom is -0.504 e. The number of aromatic hydroxyl groups is 1. The van der Waals surface area contributed by atoms with Crippen molar-refractivity contribution < 1.29 is 19.6 Å². The third-order valence-corrected chi connectivity index (χ3v) is 10.5. The molecule has 1 N–H and O–H groups in total. The Morgan fingerprint density at radius 1 is 1.19 bits per heavy atom. The molecule has 5 atom stereocenters. The van der Waals surface area contributed by atoms with Gasteiger partial charge in [0.05, 0.1) is 17.0 Å². The first kappa shape index (κ1) is 27.7. The fourth-order valence-corrected chi connectivity index (χ4v) is 8.64. The van der Waals surface area contributed by atoms with Crippen LogP contribution < -0.4 is 4.74 Å². The number of amides is 1. The minimum absolute atomic E-state index is 0.0270. The molecule has 222 valence electrons. The number of hydrogen-bond acceptors (Lipinski definition) is 6. The standard InChI is InChI=1S/C35H37N3O5/c1-22-7-6-10-24(19-22)11-14-31(40)36(2)27-13-12-26-29-20-25-28(38(41)42)21-30(39)33-32(25)35(26,34(27)43-33)16-18-37(29)17-15-23-8-4-3-5-9-23/h3-11,14,19,21,26-27,29,34,39H,12-13,15-18,20H2,1-2H3/t26-,27+,29+,34-,35-/m0/s1. The molecule has 0 radical (unpaired) electrons. The highest BCUT2D eigenvalue weighted by atomic mass is 16.6. The fourth-order valence-electron chi connectivity index (χ4n) is 8.64. The lowest BCUT2D eigenvalue weighted by molar-refractivity contribution is -0.385. The first-order valence-corrected chi connectivity index (χ1v) is 15.3. The Balaban J connectivity index is 1.24. The Morgan fingerprint density at radius 3 is 2.77 bits per heavy atom. The molecule has 2 bridgehead atoms. The fraction of sp³-hybridized carbons (Fsp3) is 0.400. The summed E-state index contributed by atoms with van der Waals surface area (Å²) in [5, 5.41) is 23.3. The van der Waals surface area contributed by atoms with Gasteiger partial charge in [0.15, 0.2) is 11.5 Å². The number of likely N-dealkylation sites (N-methyl/N-ethyl adjacent to an activating group) is 1. The summed E-state index contributed by atoms with van der Waals surface area (Å²) in [6, 6.07) is 19.6. The molecular formula is C35H37N3O5. The van der Waals surface area contributed by atoms with Crippen molar-refractivity contribution >= 4 is 17.7 Å². The molecule has 1 amide bonds. The molecule has 4 aliphatic rings. The molecule has 2 fully saturated rings. The number of likely N-dealkylation sites (tertiary alicyclic amines) is 1. The average molecular weight is 580 g/mol. The van der Waals surface area contributed by atoms with E-state index in [0.29, 0.717) is 17.7 Å². The summed E-state index contributed by atoms with van der Waals surface area (Å²) < 4.78 is 6.66. The quantitative estimate of drug-likeness (QED) is 0.228. The van der Waals surface area contributed by atoms with Crippen molar-refractivity contribution in [2.75, 3.05) is 20.1 Å². The summed E-state index contributed by atoms with van der Waals surface area (Å²) in [5.41, 5.74) is 4.38. The largest absolute Gasteiger partial charge is 0.504 e. The highest BCUT2D eigenvalue weighted by molar-refractivity contribution is 5.92. The summed E-state index contributed by atoms with van der Waals surface area (Å²) in [6.45, 7) is 3.75. The number of phenols is 1. The smallest absolute Gasteiger partial charge is 0.276 e. The second kappa shape index (κ2) is 10.5. The van der Waals surface area contributed by atoms with Crippen molar-refractivity contribution in [3.05, 3.63) is 105 Å². The van der Waals surface area contributed by atoms with E-state index >= 15 is 0 Å². The number of nitrogens with zero attached hydrogens (tertiary/aromatic N) is 3. The molecule has 1 spiro atoms. The molecule has 0 aromatic heterocycles. The summed E-state index contributed by atoms with van der Waals surface area (Å²) in [7, 11) is 1.83. The van der Waals surface area contributed by atoms with Crippen LogP contribution in [0.3, 0.4) is 0 Å². The minimum atomic E-state index is -0.488. The third-order valence-electron chi connectivity index (χ3n) is 10.5. The molecule has 2 aliphatic carbocycles. The van der Waals surface area contributed by atoms with Crippen molar-refractivity contribution in [2.45, 2.75) is 62.6 Å². The van der Waals surface area contributed by atoms with E-state index in [2.05, 4.69) is 29.2 Å². The second-order valence-corrected chi connectivity index (χ2v) is 12.7. The molecule has 1 saturated carbocycles. The lowest BCUT2D eigenvalue weighted by Crippen LogP contribution is -2.69. The van der Waals surface area contributed by atoms with Crippen LogP contribution in [-0.2, 0) is 23.1 Å². The average Bonchev–Trinajstić information content (AvgIpc) is 3.35. The molecule has 8 heteroatoms. The van der Waals surface area contributed by atoms with Gasteiger partial charge in [0, 0.05) is 42.3 Å². The molecule has 7 rings (SSSR count). The number of carbonyl (C=O) groups excluding carboxylic acids is 1. The van der Waals surface area contributed by atoms with Gasteiger partial charge in [0.2, 0.25) is 5.91 Å². The van der Waals surface area contributed by atoms with Crippen molar-refractivity contribution in [1.82, 2.24) is 9.80 Å². The summed E-state index contributed by atoms with van der Waals surface area (Å²) >= 11 is 0. The van der Waals surface area contributed by atoms with Gasteiger partial charge in [-0.3, -0.25) is 19.8 Å². The van der Waals surface area contributed by atoms with Crippen LogP contribution in [0.15, 0.2) is 66.7 Å². The molecule has 3 aromatic carbocycles. The van der Waals surface area contributed by atoms with Gasteiger partial charge in [0.25, 0.3) is 5.69 Å². The maximum absolute atomic E-state index is 13.5. The number of aryl methyl sites for hydroxylation is 1. The summed E-state index contributed by atoms with van der Waals surface area (Å²) in [5.74, 6) is 0.323. The molecule has 0 unspecified atom stereocenters. The number of phenolic OH excluding ortho intramolecular Hbond substituents is 1. The summed E-state index contributed by atoms with van der Waals surface area (Å²) in [4.78, 5) is 29.7. The maximum Gasteiger partial charge on any atom is 0.276 e. The molecular weight excluding hydrogens is 542 g/mol. The van der Waals surface area contributed by atoms with Gasteiger partial charge in [-0.2, -0.15) is 0 Å². The number of carbonyl (C=O) groups is 1. The number of rotatable bonds is 7. The predicted octanol–water partition coefficient (Wildman–Crippen LogP) is 5.43. The van der Waals surface area contributed by atoms with Crippen LogP contribution >= 0.6 is 0 Å². The first-order valence-electron chi connectivity index (χ1n) is 15.3. The van der Waals surface area contributed by atoms with Gasteiger partial charge in [-0.15, -0.1) is 0 Å². The Bertz CT molecular complexity index is 1620. The first-order chi connectivity index (χ1) is 20.8. The lowest BCUT2D eigenvalue weighted by atomic mass is 9.50. The molecule has 43 heavy (non-hydrogen) atoms. The van der Waals surface area contributed by atoms with Crippen LogP contribution in [0.5, 0.6) is 11.5 Å². The van der Waals surface area contributed by atoms with E-state index in [4.69, 9.17) is 4.74 Å². The molecule has 2 aliphatic heterocycles. The van der Waals surface area contributed by atoms with Gasteiger partial charge in [0.1, 0.15) is 6.10 Å². The molecule has 8 nitrogen and oxygen atoms in total. The van der Waals surface area contributed by atoms with Gasteiger partial charge in [-0.05, 0) is 68.7 Å². The zero-order chi connectivity index (χ0) is 29.9. The zero-order valence-corrected chi connectivity index (χ0v) is 24.6. The van der Waals surface area contributed by atoms with E-state index in [1.165, 1.54) is 11.6 Å². The number of nitro benzene ring substituents is 1. The van der Waals surface area contributed by atoms with Crippen LogP contribution in [0.4, 0.5) is 5.69 Å². The van der Waals surface area contributed by atoms with Crippen molar-refractivity contribution in [3.8, 4) is 11.5 Å². The van der Waals surface area contributed by atoms with Crippen molar-refractivity contribution in [3.63, 3.8) is 0 Å². The van der Waals surface area contributed by atoms with Crippen LogP contribution in [0.1, 0.15) is 47.1 Å². The number of nitro groups is 1. The van der Waals surface area contributed by atoms with E-state index in [-0.39, 0.29) is 46.4 Å². The Morgan fingerprint density at radius 2 is 2.00 bits per heavy atom. The predicted molar refractivity (Wildman–Crippen MR) is 164 cm³/mol. The van der Waals surface area contributed by atoms with Crippen LogP contribution in [0.25, 0.3) is 6.08 Å². The van der Waals surface area contributed by atoms with E-state index in [1.807, 2.05) is 50.4 Å². The number of ether oxygens (including phenoxy) is 1. The summed E-state index contributed by atoms with van der Waals surface area (Å²) in [6.07, 6.45) is 6.99. The van der Waals surface area contributed by atoms with Gasteiger partial charge in [-0.1, -0.05) is 60.2 Å². The topological polar surface area (TPSA) is 96.2 Å². The number of hydrogen-bond donors (Lipinski definition) is 1. The SMILES string of the molecule is Cc1cccc(C=CC(=O)N(C)[C@@H]2CC[C@H]3[C@H]4Cc5c([N+](=O)[O-])cc(O)c6c5[C@@]3(CCN4CCc3ccccc3)[C@H]2O6)c1. The Hall–Kier alpha value is -4.17. The van der Waals surface area contributed by atoms with Crippen LogP contribution in [0.2, 0.25) is 0 Å². The number of benzene rings is 3. The third kappa shape index (κ3) is 4.42. The van der Waals surface area contributed by atoms with Crippen LogP contribution in [0, 0.1) is 23.0 Å². The molecule has 3 aromatic rings. The van der Waals surface area contributed by atoms with E-state index in [1.54, 1.807) is 11.0 Å². The Labute approximate surface area is 251 Å². The van der Waals surface area contributed by atoms with Crippen molar-refractivity contribution in [1.29, 1.82) is 0 Å². The number of piperidine rings is 1. The van der Waals surface area contributed by atoms with Crippen LogP contribution in [-0.4, -0.2) is 64.1 Å².